The molecule has 1 aromatic rings. The molecule has 1 rings (SSSR count). The molecule has 0 spiro atoms. The molecule has 1 heteroatoms. The van der Waals surface area contributed by atoms with E-state index in [1.54, 1.807) is 5.19 Å². The third-order valence-corrected chi connectivity index (χ3v) is 4.15. The normalized spacial score (nSPS) is 11.2. The molecule has 0 N–H and O–H groups in total. The predicted molar refractivity (Wildman–Crippen MR) is 59.2 cm³/mol. The zero-order chi connectivity index (χ0) is 8.97. The van der Waals surface area contributed by atoms with E-state index in [0.29, 0.717) is 0 Å². The molecule has 0 aliphatic heterocycles. The summed E-state index contributed by atoms with van der Waals surface area (Å²) < 4.78 is 0. The van der Waals surface area contributed by atoms with Gasteiger partial charge >= 0.3 is 0 Å². The molecule has 0 fully saturated rings. The fourth-order valence-corrected chi connectivity index (χ4v) is 3.29. The van der Waals surface area contributed by atoms with Gasteiger partial charge in [0.1, 0.15) is 0 Å². The molecule has 1 aromatic carbocycles. The predicted octanol–water partition coefficient (Wildman–Crippen LogP) is 1.93. The summed E-state index contributed by atoms with van der Waals surface area (Å²) in [5, 5.41) is 1.63. The molecule has 0 aliphatic rings. The van der Waals surface area contributed by atoms with Gasteiger partial charge in [-0.2, -0.15) is 0 Å². The van der Waals surface area contributed by atoms with E-state index in [-0.39, 0.29) is 9.52 Å². The quantitative estimate of drug-likeness (QED) is 0.620. The number of hydrogen-bond acceptors (Lipinski definition) is 0. The Kier molecular flexibility index (Phi) is 3.54. The molecule has 0 radical (unpaired) electrons. The highest BCUT2D eigenvalue weighted by Crippen LogP contribution is 2.00. The van der Waals surface area contributed by atoms with Crippen LogP contribution in [0, 0.1) is 13.8 Å². The summed E-state index contributed by atoms with van der Waals surface area (Å²) in [6.07, 6.45) is 1.35. The lowest BCUT2D eigenvalue weighted by molar-refractivity contribution is 1.08. The van der Waals surface area contributed by atoms with Crippen LogP contribution in [0.3, 0.4) is 0 Å². The van der Waals surface area contributed by atoms with Crippen molar-refractivity contribution < 1.29 is 0 Å². The second-order valence-corrected chi connectivity index (χ2v) is 5.62. The molecule has 12 heavy (non-hydrogen) atoms. The minimum atomic E-state index is 0.0458. The van der Waals surface area contributed by atoms with Crippen LogP contribution in [-0.4, -0.2) is 9.52 Å². The smallest absolute Gasteiger partial charge is 0.0547 e. The molecule has 0 saturated carbocycles. The van der Waals surface area contributed by atoms with Crippen LogP contribution in [0.5, 0.6) is 0 Å². The summed E-state index contributed by atoms with van der Waals surface area (Å²) in [5.41, 5.74) is 2.85. The standard InChI is InChI=1S/C11H18Si/c1-4-5-12-11-7-9(2)6-10(3)8-11/h6-8H,4-5,12H2,1-3H3. The number of aryl methyl sites for hydroxylation is 2. The van der Waals surface area contributed by atoms with E-state index in [1.165, 1.54) is 23.6 Å². The maximum atomic E-state index is 2.36. The molecule has 0 amide bonds. The minimum Gasteiger partial charge on any atom is -0.0664 e. The van der Waals surface area contributed by atoms with Gasteiger partial charge in [0.05, 0.1) is 9.52 Å². The summed E-state index contributed by atoms with van der Waals surface area (Å²) in [6, 6.07) is 8.41. The average Bonchev–Trinajstić information content (AvgIpc) is 1.99. The van der Waals surface area contributed by atoms with Crippen LogP contribution >= 0.6 is 0 Å². The van der Waals surface area contributed by atoms with Gasteiger partial charge in [0.2, 0.25) is 0 Å². The largest absolute Gasteiger partial charge is 0.0664 e. The van der Waals surface area contributed by atoms with Crippen molar-refractivity contribution in [1.82, 2.24) is 0 Å². The summed E-state index contributed by atoms with van der Waals surface area (Å²) in [6.45, 7) is 6.66. The molecule has 0 unspecified atom stereocenters. The SMILES string of the molecule is CCC[SiH2]c1cc(C)cc(C)c1. The lowest BCUT2D eigenvalue weighted by Gasteiger charge is -2.02. The Hall–Kier alpha value is -0.563. The second-order valence-electron chi connectivity index (χ2n) is 3.60. The van der Waals surface area contributed by atoms with Crippen molar-refractivity contribution in [3.05, 3.63) is 29.3 Å². The van der Waals surface area contributed by atoms with Crippen molar-refractivity contribution in [3.8, 4) is 0 Å². The molecular weight excluding hydrogens is 160 g/mol. The van der Waals surface area contributed by atoms with Crippen molar-refractivity contribution in [3.63, 3.8) is 0 Å². The van der Waals surface area contributed by atoms with Crippen molar-refractivity contribution in [2.45, 2.75) is 33.2 Å². The van der Waals surface area contributed by atoms with Crippen LogP contribution in [0.4, 0.5) is 0 Å². The van der Waals surface area contributed by atoms with Gasteiger partial charge in [0.15, 0.2) is 0 Å². The monoisotopic (exact) mass is 178 g/mol. The number of benzene rings is 1. The summed E-state index contributed by atoms with van der Waals surface area (Å²) in [7, 11) is 0.0458. The Morgan fingerprint density at radius 3 is 2.17 bits per heavy atom. The highest BCUT2D eigenvalue weighted by Gasteiger charge is 1.95. The molecule has 66 valence electrons. The molecule has 0 heterocycles. The fourth-order valence-electron chi connectivity index (χ4n) is 1.59. The van der Waals surface area contributed by atoms with Gasteiger partial charge < -0.3 is 0 Å². The topological polar surface area (TPSA) is 0 Å². The van der Waals surface area contributed by atoms with Crippen molar-refractivity contribution in [2.75, 3.05) is 0 Å². The van der Waals surface area contributed by atoms with Gasteiger partial charge in [-0.05, 0) is 13.8 Å². The molecule has 0 aromatic heterocycles. The van der Waals surface area contributed by atoms with Crippen molar-refractivity contribution in [1.29, 1.82) is 0 Å². The molecule has 0 aliphatic carbocycles. The van der Waals surface area contributed by atoms with Crippen LogP contribution in [0.2, 0.25) is 6.04 Å². The maximum Gasteiger partial charge on any atom is 0.0547 e. The third-order valence-electron chi connectivity index (χ3n) is 2.10. The summed E-state index contributed by atoms with van der Waals surface area (Å²) >= 11 is 0. The van der Waals surface area contributed by atoms with Crippen molar-refractivity contribution in [2.24, 2.45) is 0 Å². The van der Waals surface area contributed by atoms with Crippen LogP contribution in [0.15, 0.2) is 18.2 Å². The lowest BCUT2D eigenvalue weighted by atomic mass is 10.2. The molecule has 0 bridgehead atoms. The van der Waals surface area contributed by atoms with E-state index in [2.05, 4.69) is 39.0 Å². The highest BCUT2D eigenvalue weighted by atomic mass is 28.2. The summed E-state index contributed by atoms with van der Waals surface area (Å²) in [5.74, 6) is 0. The fraction of sp³-hybridized carbons (Fsp3) is 0.455. The first-order valence-electron chi connectivity index (χ1n) is 4.79. The number of rotatable bonds is 3. The first kappa shape index (κ1) is 9.52. The highest BCUT2D eigenvalue weighted by molar-refractivity contribution is 6.53. The lowest BCUT2D eigenvalue weighted by Crippen LogP contribution is -2.13. The Bertz CT molecular complexity index is 233. The van der Waals surface area contributed by atoms with Crippen LogP contribution in [0.1, 0.15) is 24.5 Å². The van der Waals surface area contributed by atoms with E-state index in [9.17, 15) is 0 Å². The molecule has 0 saturated heterocycles. The van der Waals surface area contributed by atoms with Gasteiger partial charge in [0.25, 0.3) is 0 Å². The first-order chi connectivity index (χ1) is 5.72. The Labute approximate surface area is 77.8 Å². The van der Waals surface area contributed by atoms with Gasteiger partial charge in [0, 0.05) is 0 Å². The first-order valence-corrected chi connectivity index (χ1v) is 6.50. The molecule has 0 nitrogen and oxygen atoms in total. The van der Waals surface area contributed by atoms with Gasteiger partial charge in [-0.3, -0.25) is 0 Å². The molecule has 0 atom stereocenters. The Morgan fingerprint density at radius 1 is 1.08 bits per heavy atom. The zero-order valence-corrected chi connectivity index (χ0v) is 9.77. The maximum absolute atomic E-state index is 2.36. The van der Waals surface area contributed by atoms with E-state index in [4.69, 9.17) is 0 Å². The third kappa shape index (κ3) is 2.82. The van der Waals surface area contributed by atoms with E-state index >= 15 is 0 Å². The van der Waals surface area contributed by atoms with Crippen molar-refractivity contribution >= 4 is 14.7 Å². The van der Waals surface area contributed by atoms with Crippen LogP contribution in [0.25, 0.3) is 0 Å². The molecular formula is C11H18Si. The van der Waals surface area contributed by atoms with Crippen LogP contribution in [-0.2, 0) is 0 Å². The second kappa shape index (κ2) is 4.46. The Morgan fingerprint density at radius 2 is 1.67 bits per heavy atom. The van der Waals surface area contributed by atoms with Gasteiger partial charge in [-0.15, -0.1) is 0 Å². The minimum absolute atomic E-state index is 0.0458. The van der Waals surface area contributed by atoms with Crippen LogP contribution < -0.4 is 5.19 Å². The Balaban J connectivity index is 2.72. The zero-order valence-electron chi connectivity index (χ0n) is 8.35. The van der Waals surface area contributed by atoms with E-state index in [1.807, 2.05) is 0 Å². The van der Waals surface area contributed by atoms with Gasteiger partial charge in [-0.25, -0.2) is 0 Å². The van der Waals surface area contributed by atoms with Gasteiger partial charge in [-0.1, -0.05) is 53.9 Å². The number of hydrogen-bond donors (Lipinski definition) is 0. The average molecular weight is 178 g/mol. The van der Waals surface area contributed by atoms with E-state index < -0.39 is 0 Å². The summed E-state index contributed by atoms with van der Waals surface area (Å²) in [4.78, 5) is 0. The van der Waals surface area contributed by atoms with E-state index in [0.717, 1.165) is 0 Å².